The molecule has 0 aromatic carbocycles. The zero-order valence-electron chi connectivity index (χ0n) is 7.83. The van der Waals surface area contributed by atoms with Crippen LogP contribution in [-0.2, 0) is 0 Å². The average molecular weight is 229 g/mol. The molecule has 5 nitrogen and oxygen atoms in total. The second kappa shape index (κ2) is 5.69. The smallest absolute Gasteiger partial charge is 0.355 e. The van der Waals surface area contributed by atoms with Gasteiger partial charge in [-0.15, -0.1) is 11.8 Å². The molecule has 0 saturated carbocycles. The summed E-state index contributed by atoms with van der Waals surface area (Å²) in [5.41, 5.74) is -0.0346. The first-order chi connectivity index (χ1) is 7.15. The van der Waals surface area contributed by atoms with Crippen LogP contribution >= 0.6 is 11.8 Å². The van der Waals surface area contributed by atoms with E-state index in [0.717, 1.165) is 11.8 Å². The highest BCUT2D eigenvalue weighted by Crippen LogP contribution is 2.21. The van der Waals surface area contributed by atoms with Gasteiger partial charge in [-0.3, -0.25) is 0 Å². The Bertz CT molecular complexity index is 345. The number of hydrogen-bond donors (Lipinski definition) is 3. The van der Waals surface area contributed by atoms with Crippen LogP contribution < -0.4 is 0 Å². The Morgan fingerprint density at radius 3 is 2.93 bits per heavy atom. The first-order valence-electron chi connectivity index (χ1n) is 4.25. The van der Waals surface area contributed by atoms with Gasteiger partial charge in [0.2, 0.25) is 0 Å². The summed E-state index contributed by atoms with van der Waals surface area (Å²) in [4.78, 5) is 14.9. The normalized spacial score (nSPS) is 12.4. The summed E-state index contributed by atoms with van der Waals surface area (Å²) in [7, 11) is 0. The van der Waals surface area contributed by atoms with Gasteiger partial charge in [-0.05, 0) is 12.1 Å². The number of aromatic nitrogens is 1. The molecule has 1 heterocycles. The zero-order valence-corrected chi connectivity index (χ0v) is 8.65. The molecule has 6 heteroatoms. The van der Waals surface area contributed by atoms with E-state index >= 15 is 0 Å². The van der Waals surface area contributed by atoms with Gasteiger partial charge >= 0.3 is 5.97 Å². The minimum Gasteiger partial charge on any atom is -0.476 e. The topological polar surface area (TPSA) is 90.7 Å². The SMILES string of the molecule is O=C(O)c1ncccc1SCC(O)CO. The maximum Gasteiger partial charge on any atom is 0.355 e. The molecule has 0 aliphatic carbocycles. The van der Waals surface area contributed by atoms with Crippen molar-refractivity contribution < 1.29 is 20.1 Å². The van der Waals surface area contributed by atoms with E-state index < -0.39 is 12.1 Å². The molecule has 1 unspecified atom stereocenters. The van der Waals surface area contributed by atoms with Gasteiger partial charge in [-0.25, -0.2) is 9.78 Å². The fraction of sp³-hybridized carbons (Fsp3) is 0.333. The third-order valence-electron chi connectivity index (χ3n) is 1.62. The number of nitrogens with zero attached hydrogens (tertiary/aromatic N) is 1. The third kappa shape index (κ3) is 3.50. The number of rotatable bonds is 5. The third-order valence-corrected chi connectivity index (χ3v) is 2.81. The zero-order chi connectivity index (χ0) is 11.3. The van der Waals surface area contributed by atoms with E-state index in [1.54, 1.807) is 12.1 Å². The van der Waals surface area contributed by atoms with Crippen molar-refractivity contribution in [1.29, 1.82) is 0 Å². The predicted octanol–water partition coefficient (Wildman–Crippen LogP) is 0.225. The Labute approximate surface area is 90.8 Å². The highest BCUT2D eigenvalue weighted by molar-refractivity contribution is 7.99. The number of aliphatic hydroxyl groups is 2. The molecule has 0 radical (unpaired) electrons. The molecule has 0 aliphatic rings. The molecule has 0 amide bonds. The van der Waals surface area contributed by atoms with Crippen molar-refractivity contribution in [2.45, 2.75) is 11.0 Å². The number of carbonyl (C=O) groups is 1. The lowest BCUT2D eigenvalue weighted by Crippen LogP contribution is -2.15. The predicted molar refractivity (Wildman–Crippen MR) is 55.0 cm³/mol. The molecule has 1 atom stereocenters. The summed E-state index contributed by atoms with van der Waals surface area (Å²) in [6.07, 6.45) is 0.549. The number of pyridine rings is 1. The number of carboxylic acid groups (broad SMARTS) is 1. The quantitative estimate of drug-likeness (QED) is 0.626. The first-order valence-corrected chi connectivity index (χ1v) is 5.23. The maximum absolute atomic E-state index is 10.7. The lowest BCUT2D eigenvalue weighted by Gasteiger charge is -2.07. The highest BCUT2D eigenvalue weighted by atomic mass is 32.2. The van der Waals surface area contributed by atoms with E-state index in [1.165, 1.54) is 6.20 Å². The molecule has 0 aliphatic heterocycles. The van der Waals surface area contributed by atoms with Gasteiger partial charge in [-0.2, -0.15) is 0 Å². The second-order valence-electron chi connectivity index (χ2n) is 2.80. The van der Waals surface area contributed by atoms with Crippen LogP contribution in [0.3, 0.4) is 0 Å². The van der Waals surface area contributed by atoms with Crippen LogP contribution in [0.5, 0.6) is 0 Å². The van der Waals surface area contributed by atoms with E-state index in [-0.39, 0.29) is 18.1 Å². The fourth-order valence-electron chi connectivity index (χ4n) is 0.906. The molecular formula is C9H11NO4S. The Kier molecular flexibility index (Phi) is 4.54. The summed E-state index contributed by atoms with van der Waals surface area (Å²) in [6.45, 7) is -0.338. The van der Waals surface area contributed by atoms with Crippen LogP contribution in [0.1, 0.15) is 10.5 Å². The van der Waals surface area contributed by atoms with Crippen molar-refractivity contribution in [3.63, 3.8) is 0 Å². The van der Waals surface area contributed by atoms with Crippen molar-refractivity contribution in [1.82, 2.24) is 4.98 Å². The van der Waals surface area contributed by atoms with Gasteiger partial charge < -0.3 is 15.3 Å². The minimum atomic E-state index is -1.10. The Hall–Kier alpha value is -1.11. The summed E-state index contributed by atoms with van der Waals surface area (Å²) >= 11 is 1.15. The summed E-state index contributed by atoms with van der Waals surface area (Å²) < 4.78 is 0. The molecule has 1 rings (SSSR count). The van der Waals surface area contributed by atoms with Crippen molar-refractivity contribution in [3.8, 4) is 0 Å². The lowest BCUT2D eigenvalue weighted by molar-refractivity contribution is 0.0686. The van der Waals surface area contributed by atoms with E-state index in [1.807, 2.05) is 0 Å². The molecule has 0 spiro atoms. The van der Waals surface area contributed by atoms with E-state index in [2.05, 4.69) is 4.98 Å². The van der Waals surface area contributed by atoms with E-state index in [9.17, 15) is 4.79 Å². The van der Waals surface area contributed by atoms with Gasteiger partial charge in [-0.1, -0.05) is 0 Å². The number of hydrogen-bond acceptors (Lipinski definition) is 5. The first kappa shape index (κ1) is 12.0. The van der Waals surface area contributed by atoms with Gasteiger partial charge in [0.05, 0.1) is 12.7 Å². The number of aromatic carboxylic acids is 1. The van der Waals surface area contributed by atoms with Gasteiger partial charge in [0.15, 0.2) is 5.69 Å². The lowest BCUT2D eigenvalue weighted by atomic mass is 10.3. The largest absolute Gasteiger partial charge is 0.476 e. The van der Waals surface area contributed by atoms with Crippen LogP contribution in [0.2, 0.25) is 0 Å². The number of carboxylic acids is 1. The Balaban J connectivity index is 2.72. The Morgan fingerprint density at radius 2 is 2.33 bits per heavy atom. The molecule has 0 bridgehead atoms. The molecular weight excluding hydrogens is 218 g/mol. The van der Waals surface area contributed by atoms with Crippen LogP contribution in [0.25, 0.3) is 0 Å². The Morgan fingerprint density at radius 1 is 1.60 bits per heavy atom. The highest BCUT2D eigenvalue weighted by Gasteiger charge is 2.12. The number of aliphatic hydroxyl groups excluding tert-OH is 2. The molecule has 1 aromatic rings. The van der Waals surface area contributed by atoms with Gasteiger partial charge in [0, 0.05) is 16.8 Å². The number of thioether (sulfide) groups is 1. The summed E-state index contributed by atoms with van der Waals surface area (Å²) in [5, 5.41) is 26.5. The van der Waals surface area contributed by atoms with E-state index in [4.69, 9.17) is 15.3 Å². The molecule has 82 valence electrons. The van der Waals surface area contributed by atoms with Gasteiger partial charge in [0.25, 0.3) is 0 Å². The van der Waals surface area contributed by atoms with Crippen molar-refractivity contribution in [2.24, 2.45) is 0 Å². The molecule has 15 heavy (non-hydrogen) atoms. The standard InChI is InChI=1S/C9H11NO4S/c11-4-6(12)5-15-7-2-1-3-10-8(7)9(13)14/h1-3,6,11-12H,4-5H2,(H,13,14). The van der Waals surface area contributed by atoms with E-state index in [0.29, 0.717) is 4.90 Å². The molecule has 0 fully saturated rings. The summed E-state index contributed by atoms with van der Waals surface area (Å²) in [5.74, 6) is -0.862. The van der Waals surface area contributed by atoms with Crippen molar-refractivity contribution in [3.05, 3.63) is 24.0 Å². The van der Waals surface area contributed by atoms with Crippen molar-refractivity contribution in [2.75, 3.05) is 12.4 Å². The van der Waals surface area contributed by atoms with Crippen LogP contribution in [0, 0.1) is 0 Å². The van der Waals surface area contributed by atoms with Crippen molar-refractivity contribution >= 4 is 17.7 Å². The molecule has 3 N–H and O–H groups in total. The van der Waals surface area contributed by atoms with Crippen LogP contribution in [0.4, 0.5) is 0 Å². The molecule has 0 saturated heterocycles. The van der Waals surface area contributed by atoms with Crippen LogP contribution in [0.15, 0.2) is 23.2 Å². The monoisotopic (exact) mass is 229 g/mol. The molecule has 1 aromatic heterocycles. The van der Waals surface area contributed by atoms with Crippen LogP contribution in [-0.4, -0.2) is 44.7 Å². The average Bonchev–Trinajstić information content (AvgIpc) is 2.26. The minimum absolute atomic E-state index is 0.0346. The summed E-state index contributed by atoms with van der Waals surface area (Å²) in [6, 6.07) is 3.24. The second-order valence-corrected chi connectivity index (χ2v) is 3.86. The van der Waals surface area contributed by atoms with Gasteiger partial charge in [0.1, 0.15) is 0 Å². The fourth-order valence-corrected chi connectivity index (χ4v) is 1.84. The maximum atomic E-state index is 10.7.